The van der Waals surface area contributed by atoms with E-state index in [1.165, 1.54) is 16.9 Å². The number of nitrogens with zero attached hydrogens (tertiary/aromatic N) is 4. The maximum absolute atomic E-state index is 6.85. The second-order valence-electron chi connectivity index (χ2n) is 10.6. The van der Waals surface area contributed by atoms with Gasteiger partial charge in [0.2, 0.25) is 0 Å². The zero-order valence-electron chi connectivity index (χ0n) is 24.8. The van der Waals surface area contributed by atoms with E-state index >= 15 is 0 Å². The molecule has 2 aliphatic heterocycles. The van der Waals surface area contributed by atoms with Gasteiger partial charge >= 0.3 is 0 Å². The van der Waals surface area contributed by atoms with Gasteiger partial charge in [0, 0.05) is 84.0 Å². The Balaban J connectivity index is 1.55. The largest absolute Gasteiger partial charge is 0.456 e. The Hall–Kier alpha value is -3.68. The summed E-state index contributed by atoms with van der Waals surface area (Å²) >= 11 is 7.97. The molecule has 0 radical (unpaired) electrons. The van der Waals surface area contributed by atoms with Gasteiger partial charge in [0.15, 0.2) is 0 Å². The lowest BCUT2D eigenvalue weighted by Gasteiger charge is -2.45. The van der Waals surface area contributed by atoms with E-state index in [9.17, 15) is 0 Å². The standard InChI is InChI=1S/C35H38N4OS2/c1-5-37(6-2)25-15-17-30-32(22-25)40-33-23-26(38(7-3)8-4)16-18-31(33)35(30)29-14-10-9-13-28(29)34(41)39(35)20-19-36-24-27-12-11-21-42-27/h9-18,21-24H,5-8,19-20H2,1-4H3. The lowest BCUT2D eigenvalue weighted by atomic mass is 9.74. The van der Waals surface area contributed by atoms with Crippen molar-refractivity contribution < 1.29 is 4.74 Å². The molecule has 5 nitrogen and oxygen atoms in total. The first kappa shape index (κ1) is 28.4. The Labute approximate surface area is 259 Å². The third kappa shape index (κ3) is 4.59. The summed E-state index contributed by atoms with van der Waals surface area (Å²) in [6, 6.07) is 26.2. The average Bonchev–Trinajstić information content (AvgIpc) is 3.62. The molecule has 1 spiro atoms. The van der Waals surface area contributed by atoms with Gasteiger partial charge in [-0.2, -0.15) is 0 Å². The number of benzene rings is 3. The Bertz CT molecular complexity index is 1540. The number of thiophene rings is 1. The van der Waals surface area contributed by atoms with Crippen LogP contribution in [-0.4, -0.2) is 55.4 Å². The SMILES string of the molecule is CCN(CC)c1ccc2c(c1)Oc1cc(N(CC)CC)ccc1C21c2ccccc2C(=S)N1CCN=Cc1cccs1. The third-order valence-electron chi connectivity index (χ3n) is 8.60. The summed E-state index contributed by atoms with van der Waals surface area (Å²) in [7, 11) is 0. The fraction of sp³-hybridized carbons (Fsp3) is 0.314. The highest BCUT2D eigenvalue weighted by atomic mass is 32.1. The van der Waals surface area contributed by atoms with Gasteiger partial charge in [0.1, 0.15) is 22.0 Å². The van der Waals surface area contributed by atoms with Crippen LogP contribution in [-0.2, 0) is 5.54 Å². The molecule has 3 heterocycles. The van der Waals surface area contributed by atoms with Crippen LogP contribution < -0.4 is 14.5 Å². The first-order chi connectivity index (χ1) is 20.6. The van der Waals surface area contributed by atoms with Crippen molar-refractivity contribution in [2.24, 2.45) is 4.99 Å². The van der Waals surface area contributed by atoms with Crippen molar-refractivity contribution in [1.29, 1.82) is 0 Å². The Morgan fingerprint density at radius 3 is 2.00 bits per heavy atom. The quantitative estimate of drug-likeness (QED) is 0.137. The fourth-order valence-corrected chi connectivity index (χ4v) is 7.59. The molecule has 0 aliphatic carbocycles. The van der Waals surface area contributed by atoms with Crippen molar-refractivity contribution in [3.8, 4) is 11.5 Å². The molecule has 0 saturated carbocycles. The molecule has 216 valence electrons. The average molecular weight is 595 g/mol. The smallest absolute Gasteiger partial charge is 0.135 e. The Morgan fingerprint density at radius 1 is 0.810 bits per heavy atom. The monoisotopic (exact) mass is 594 g/mol. The molecule has 1 aromatic heterocycles. The van der Waals surface area contributed by atoms with Crippen LogP contribution in [0, 0.1) is 0 Å². The highest BCUT2D eigenvalue weighted by Gasteiger charge is 2.54. The highest BCUT2D eigenvalue weighted by Crippen LogP contribution is 2.58. The van der Waals surface area contributed by atoms with Crippen LogP contribution >= 0.6 is 23.6 Å². The molecule has 2 aliphatic rings. The van der Waals surface area contributed by atoms with Gasteiger partial charge in [0.25, 0.3) is 0 Å². The molecule has 0 unspecified atom stereocenters. The van der Waals surface area contributed by atoms with E-state index in [2.05, 4.69) is 121 Å². The van der Waals surface area contributed by atoms with Gasteiger partial charge in [-0.25, -0.2) is 0 Å². The van der Waals surface area contributed by atoms with Gasteiger partial charge < -0.3 is 19.4 Å². The van der Waals surface area contributed by atoms with Crippen molar-refractivity contribution in [1.82, 2.24) is 4.90 Å². The van der Waals surface area contributed by atoms with Crippen LogP contribution in [0.15, 0.2) is 83.2 Å². The van der Waals surface area contributed by atoms with Crippen molar-refractivity contribution >= 4 is 46.1 Å². The van der Waals surface area contributed by atoms with E-state index in [-0.39, 0.29) is 0 Å². The number of thiocarbonyl (C=S) groups is 1. The summed E-state index contributed by atoms with van der Waals surface area (Å²) in [5.74, 6) is 1.77. The predicted octanol–water partition coefficient (Wildman–Crippen LogP) is 7.95. The number of hydrogen-bond donors (Lipinski definition) is 0. The van der Waals surface area contributed by atoms with Gasteiger partial charge in [-0.05, 0) is 56.8 Å². The van der Waals surface area contributed by atoms with Crippen molar-refractivity contribution in [2.45, 2.75) is 33.2 Å². The summed E-state index contributed by atoms with van der Waals surface area (Å²) in [6.45, 7) is 13.8. The van der Waals surface area contributed by atoms with E-state index < -0.39 is 5.54 Å². The lowest BCUT2D eigenvalue weighted by Crippen LogP contribution is -2.48. The summed E-state index contributed by atoms with van der Waals surface area (Å²) in [6.07, 6.45) is 1.97. The first-order valence-corrected chi connectivity index (χ1v) is 16.3. The second kappa shape index (κ2) is 11.9. The van der Waals surface area contributed by atoms with Gasteiger partial charge in [-0.3, -0.25) is 4.99 Å². The fourth-order valence-electron chi connectivity index (χ4n) is 6.58. The van der Waals surface area contributed by atoms with Crippen molar-refractivity contribution in [3.63, 3.8) is 0 Å². The molecule has 3 aromatic carbocycles. The normalized spacial score (nSPS) is 14.6. The topological polar surface area (TPSA) is 31.3 Å². The van der Waals surface area contributed by atoms with E-state index in [0.717, 1.165) is 64.2 Å². The second-order valence-corrected chi connectivity index (χ2v) is 11.9. The zero-order valence-corrected chi connectivity index (χ0v) is 26.5. The molecule has 4 aromatic rings. The summed E-state index contributed by atoms with van der Waals surface area (Å²) in [5, 5.41) is 2.08. The third-order valence-corrected chi connectivity index (χ3v) is 9.85. The molecule has 0 N–H and O–H groups in total. The molecule has 0 atom stereocenters. The van der Waals surface area contributed by atoms with E-state index in [1.807, 2.05) is 6.21 Å². The van der Waals surface area contributed by atoms with Crippen molar-refractivity contribution in [3.05, 3.63) is 105 Å². The predicted molar refractivity (Wildman–Crippen MR) is 182 cm³/mol. The van der Waals surface area contributed by atoms with E-state index in [0.29, 0.717) is 13.1 Å². The Morgan fingerprint density at radius 2 is 1.43 bits per heavy atom. The Kier molecular flexibility index (Phi) is 8.06. The molecular formula is C35H38N4OS2. The van der Waals surface area contributed by atoms with E-state index in [1.54, 1.807) is 11.3 Å². The maximum Gasteiger partial charge on any atom is 0.135 e. The molecule has 0 amide bonds. The minimum atomic E-state index is -0.612. The van der Waals surface area contributed by atoms with Crippen LogP contribution in [0.3, 0.4) is 0 Å². The molecule has 6 rings (SSSR count). The molecular weight excluding hydrogens is 557 g/mol. The number of ether oxygens (including phenoxy) is 1. The van der Waals surface area contributed by atoms with Gasteiger partial charge in [-0.15, -0.1) is 11.3 Å². The molecule has 42 heavy (non-hydrogen) atoms. The number of hydrogen-bond acceptors (Lipinski definition) is 6. The maximum atomic E-state index is 6.85. The van der Waals surface area contributed by atoms with Crippen molar-refractivity contribution in [2.75, 3.05) is 49.1 Å². The molecule has 0 saturated heterocycles. The zero-order chi connectivity index (χ0) is 29.3. The number of aliphatic imine (C=N–C) groups is 1. The van der Waals surface area contributed by atoms with Gasteiger partial charge in [-0.1, -0.05) is 54.7 Å². The summed E-state index contributed by atoms with van der Waals surface area (Å²) < 4.78 is 6.85. The highest BCUT2D eigenvalue weighted by molar-refractivity contribution is 7.80. The minimum Gasteiger partial charge on any atom is -0.456 e. The van der Waals surface area contributed by atoms with Crippen LogP contribution in [0.4, 0.5) is 11.4 Å². The first-order valence-electron chi connectivity index (χ1n) is 15.0. The number of fused-ring (bicyclic) bond motifs is 6. The minimum absolute atomic E-state index is 0.612. The van der Waals surface area contributed by atoms with E-state index in [4.69, 9.17) is 21.9 Å². The molecule has 7 heteroatoms. The lowest BCUT2D eigenvalue weighted by molar-refractivity contribution is 0.264. The summed E-state index contributed by atoms with van der Waals surface area (Å²) in [4.78, 5) is 14.0. The van der Waals surface area contributed by atoms with Crippen LogP contribution in [0.5, 0.6) is 11.5 Å². The van der Waals surface area contributed by atoms with Crippen LogP contribution in [0.1, 0.15) is 54.8 Å². The van der Waals surface area contributed by atoms with Crippen LogP contribution in [0.25, 0.3) is 0 Å². The molecule has 0 fully saturated rings. The molecule has 0 bridgehead atoms. The number of anilines is 2. The van der Waals surface area contributed by atoms with Crippen LogP contribution in [0.2, 0.25) is 0 Å². The number of rotatable bonds is 10. The van der Waals surface area contributed by atoms with Gasteiger partial charge in [0.05, 0.1) is 6.54 Å². The summed E-state index contributed by atoms with van der Waals surface area (Å²) in [5.41, 5.74) is 6.27.